The van der Waals surface area contributed by atoms with Gasteiger partial charge >= 0.3 is 0 Å². The monoisotopic (exact) mass is 417 g/mol. The molecule has 4 aromatic heterocycles. The third-order valence-corrected chi connectivity index (χ3v) is 5.66. The fraction of sp³-hybridized carbons (Fsp3) is 0.0769. The van der Waals surface area contributed by atoms with Crippen LogP contribution in [-0.2, 0) is 0 Å². The Kier molecular flexibility index (Phi) is 4.11. The highest BCUT2D eigenvalue weighted by Crippen LogP contribution is 2.31. The lowest BCUT2D eigenvalue weighted by molar-refractivity contribution is 0.415. The Hall–Kier alpha value is -4.32. The molecule has 0 radical (unpaired) electrons. The molecule has 32 heavy (non-hydrogen) atoms. The molecule has 154 valence electrons. The lowest BCUT2D eigenvalue weighted by Gasteiger charge is -2.12. The molecule has 0 aliphatic carbocycles. The molecular formula is C26H19N5O. The average molecular weight is 417 g/mol. The molecule has 0 saturated carbocycles. The van der Waals surface area contributed by atoms with E-state index in [-0.39, 0.29) is 0 Å². The molecule has 0 spiro atoms. The summed E-state index contributed by atoms with van der Waals surface area (Å²) in [5, 5.41) is 7.70. The Balaban J connectivity index is 1.64. The van der Waals surface area contributed by atoms with E-state index in [2.05, 4.69) is 41.3 Å². The Labute approximate surface area is 184 Å². The van der Waals surface area contributed by atoms with Gasteiger partial charge in [-0.25, -0.2) is 15.0 Å². The molecule has 6 rings (SSSR count). The smallest absolute Gasteiger partial charge is 0.166 e. The van der Waals surface area contributed by atoms with Crippen molar-refractivity contribution in [1.29, 1.82) is 0 Å². The van der Waals surface area contributed by atoms with Crippen LogP contribution in [0.1, 0.15) is 5.56 Å². The minimum absolute atomic E-state index is 0.667. The van der Waals surface area contributed by atoms with Gasteiger partial charge in [0.1, 0.15) is 5.75 Å². The van der Waals surface area contributed by atoms with Gasteiger partial charge in [0.2, 0.25) is 0 Å². The number of benzene rings is 2. The highest BCUT2D eigenvalue weighted by atomic mass is 16.5. The van der Waals surface area contributed by atoms with Crippen LogP contribution in [0, 0.1) is 6.92 Å². The summed E-state index contributed by atoms with van der Waals surface area (Å²) >= 11 is 0. The Morgan fingerprint density at radius 3 is 2.56 bits per heavy atom. The van der Waals surface area contributed by atoms with Gasteiger partial charge in [-0.15, -0.1) is 0 Å². The summed E-state index contributed by atoms with van der Waals surface area (Å²) in [6, 6.07) is 22.4. The molecule has 2 aromatic carbocycles. The molecule has 0 N–H and O–H groups in total. The van der Waals surface area contributed by atoms with Crippen LogP contribution < -0.4 is 4.74 Å². The number of ether oxygens (including phenoxy) is 1. The summed E-state index contributed by atoms with van der Waals surface area (Å²) in [4.78, 5) is 14.3. The van der Waals surface area contributed by atoms with Crippen molar-refractivity contribution in [1.82, 2.24) is 24.7 Å². The molecule has 0 aliphatic rings. The Morgan fingerprint density at radius 2 is 1.72 bits per heavy atom. The number of nitrogens with zero attached hydrogens (tertiary/aromatic N) is 5. The van der Waals surface area contributed by atoms with Crippen LogP contribution in [-0.4, -0.2) is 31.8 Å². The van der Waals surface area contributed by atoms with Crippen LogP contribution in [0.5, 0.6) is 5.75 Å². The summed E-state index contributed by atoms with van der Waals surface area (Å²) in [6.07, 6.45) is 3.59. The van der Waals surface area contributed by atoms with Crippen molar-refractivity contribution in [3.8, 4) is 22.7 Å². The van der Waals surface area contributed by atoms with Gasteiger partial charge in [-0.2, -0.15) is 9.78 Å². The average Bonchev–Trinajstić information content (AvgIpc) is 3.24. The van der Waals surface area contributed by atoms with Crippen LogP contribution >= 0.6 is 0 Å². The van der Waals surface area contributed by atoms with E-state index in [1.54, 1.807) is 13.3 Å². The van der Waals surface area contributed by atoms with Gasteiger partial charge in [0.05, 0.1) is 18.8 Å². The molecule has 4 heterocycles. The normalized spacial score (nSPS) is 11.4. The quantitative estimate of drug-likeness (QED) is 0.380. The van der Waals surface area contributed by atoms with Gasteiger partial charge in [-0.1, -0.05) is 23.8 Å². The van der Waals surface area contributed by atoms with Gasteiger partial charge in [0.15, 0.2) is 17.1 Å². The Bertz CT molecular complexity index is 1620. The highest BCUT2D eigenvalue weighted by molar-refractivity contribution is 5.93. The first kappa shape index (κ1) is 18.4. The van der Waals surface area contributed by atoms with Gasteiger partial charge in [0.25, 0.3) is 0 Å². The lowest BCUT2D eigenvalue weighted by Crippen LogP contribution is -2.04. The van der Waals surface area contributed by atoms with Crippen LogP contribution in [0.2, 0.25) is 0 Å². The van der Waals surface area contributed by atoms with Crippen LogP contribution in [0.15, 0.2) is 79.1 Å². The van der Waals surface area contributed by atoms with E-state index in [0.717, 1.165) is 44.2 Å². The molecule has 0 unspecified atom stereocenters. The van der Waals surface area contributed by atoms with Gasteiger partial charge in [0, 0.05) is 27.9 Å². The van der Waals surface area contributed by atoms with Crippen molar-refractivity contribution in [3.63, 3.8) is 0 Å². The fourth-order valence-electron chi connectivity index (χ4n) is 4.04. The van der Waals surface area contributed by atoms with E-state index in [4.69, 9.17) is 14.7 Å². The van der Waals surface area contributed by atoms with Gasteiger partial charge in [-0.3, -0.25) is 0 Å². The number of aryl methyl sites for hydroxylation is 1. The number of aromatic nitrogens is 5. The summed E-state index contributed by atoms with van der Waals surface area (Å²) in [5.41, 5.74) is 5.52. The molecule has 0 aliphatic heterocycles. The second-order valence-electron chi connectivity index (χ2n) is 7.79. The third-order valence-electron chi connectivity index (χ3n) is 5.66. The standard InChI is InChI=1S/C26H19N5O/c1-16-5-10-23-19(12-16)13-20-15-28-31(25(20)29-23)26-22(17-6-8-21(32-2)9-7-17)14-18-4-3-11-27-24(18)30-26/h3-15H,1-2H3. The van der Waals surface area contributed by atoms with Crippen molar-refractivity contribution in [2.24, 2.45) is 0 Å². The molecule has 0 bridgehead atoms. The van der Waals surface area contributed by atoms with E-state index in [9.17, 15) is 0 Å². The maximum Gasteiger partial charge on any atom is 0.166 e. The number of fused-ring (bicyclic) bond motifs is 3. The largest absolute Gasteiger partial charge is 0.497 e. The van der Waals surface area contributed by atoms with Crippen molar-refractivity contribution >= 4 is 33.0 Å². The maximum atomic E-state index is 5.33. The van der Waals surface area contributed by atoms with Crippen LogP contribution in [0.25, 0.3) is 49.9 Å². The summed E-state index contributed by atoms with van der Waals surface area (Å²) in [6.45, 7) is 2.08. The number of hydrogen-bond donors (Lipinski definition) is 0. The van der Waals surface area contributed by atoms with E-state index < -0.39 is 0 Å². The van der Waals surface area contributed by atoms with Crippen molar-refractivity contribution < 1.29 is 4.74 Å². The van der Waals surface area contributed by atoms with E-state index in [1.807, 2.05) is 53.3 Å². The summed E-state index contributed by atoms with van der Waals surface area (Å²) in [7, 11) is 1.66. The molecule has 0 fully saturated rings. The number of pyridine rings is 3. The molecule has 6 nitrogen and oxygen atoms in total. The topological polar surface area (TPSA) is 65.7 Å². The van der Waals surface area contributed by atoms with E-state index in [1.165, 1.54) is 5.56 Å². The van der Waals surface area contributed by atoms with Crippen molar-refractivity contribution in [2.45, 2.75) is 6.92 Å². The minimum atomic E-state index is 0.667. The Morgan fingerprint density at radius 1 is 0.844 bits per heavy atom. The second kappa shape index (κ2) is 7.13. The maximum absolute atomic E-state index is 5.33. The first-order chi connectivity index (χ1) is 15.7. The first-order valence-corrected chi connectivity index (χ1v) is 10.4. The molecular weight excluding hydrogens is 398 g/mol. The zero-order valence-electron chi connectivity index (χ0n) is 17.6. The molecule has 6 aromatic rings. The molecule has 0 atom stereocenters. The fourth-order valence-corrected chi connectivity index (χ4v) is 4.04. The van der Waals surface area contributed by atoms with Crippen molar-refractivity contribution in [3.05, 3.63) is 84.7 Å². The molecule has 0 saturated heterocycles. The molecule has 0 amide bonds. The SMILES string of the molecule is COc1ccc(-c2cc3cccnc3nc2-n2ncc3cc4cc(C)ccc4nc32)cc1. The van der Waals surface area contributed by atoms with Crippen LogP contribution in [0.3, 0.4) is 0 Å². The van der Waals surface area contributed by atoms with E-state index >= 15 is 0 Å². The summed E-state index contributed by atoms with van der Waals surface area (Å²) < 4.78 is 7.14. The first-order valence-electron chi connectivity index (χ1n) is 10.4. The van der Waals surface area contributed by atoms with Gasteiger partial charge in [-0.05, 0) is 61.0 Å². The second-order valence-corrected chi connectivity index (χ2v) is 7.79. The lowest BCUT2D eigenvalue weighted by atomic mass is 10.0. The zero-order chi connectivity index (χ0) is 21.7. The number of methoxy groups -OCH3 is 1. The predicted molar refractivity (Wildman–Crippen MR) is 126 cm³/mol. The zero-order valence-corrected chi connectivity index (χ0v) is 17.6. The van der Waals surface area contributed by atoms with E-state index in [0.29, 0.717) is 11.5 Å². The third kappa shape index (κ3) is 2.96. The number of rotatable bonds is 3. The van der Waals surface area contributed by atoms with Crippen LogP contribution in [0.4, 0.5) is 0 Å². The minimum Gasteiger partial charge on any atom is -0.497 e. The van der Waals surface area contributed by atoms with Crippen molar-refractivity contribution in [2.75, 3.05) is 7.11 Å². The summed E-state index contributed by atoms with van der Waals surface area (Å²) in [5.74, 6) is 1.49. The van der Waals surface area contributed by atoms with Gasteiger partial charge < -0.3 is 4.74 Å². The number of hydrogen-bond acceptors (Lipinski definition) is 5. The highest BCUT2D eigenvalue weighted by Gasteiger charge is 2.16. The predicted octanol–water partition coefficient (Wildman–Crippen LogP) is 5.50. The molecule has 6 heteroatoms.